The van der Waals surface area contributed by atoms with Crippen molar-refractivity contribution in [3.8, 4) is 0 Å². The number of rotatable bonds is 6. The predicted octanol–water partition coefficient (Wildman–Crippen LogP) is 4.95. The molecule has 1 aliphatic rings. The summed E-state index contributed by atoms with van der Waals surface area (Å²) in [5.41, 5.74) is 0.226. The van der Waals surface area contributed by atoms with E-state index in [-0.39, 0.29) is 5.41 Å². The van der Waals surface area contributed by atoms with Crippen molar-refractivity contribution in [1.82, 2.24) is 9.55 Å². The quantitative estimate of drug-likeness (QED) is 0.716. The molecule has 1 aromatic rings. The predicted molar refractivity (Wildman–Crippen MR) is 85.7 cm³/mol. The molecule has 0 saturated carbocycles. The van der Waals surface area contributed by atoms with Crippen LogP contribution in [0.2, 0.25) is 0 Å². The Labute approximate surface area is 123 Å². The number of aromatic nitrogens is 2. The van der Waals surface area contributed by atoms with Gasteiger partial charge in [-0.25, -0.2) is 4.98 Å². The molecule has 1 aliphatic carbocycles. The lowest BCUT2D eigenvalue weighted by atomic mass is 9.70. The Kier molecular flexibility index (Phi) is 4.85. The SMILES string of the molecule is CCCC(C)n1ccnc1CC1(C(C)C)C=CC=CC1. The van der Waals surface area contributed by atoms with Gasteiger partial charge in [-0.05, 0) is 25.7 Å². The first-order valence-corrected chi connectivity index (χ1v) is 7.95. The largest absolute Gasteiger partial charge is 0.332 e. The van der Waals surface area contributed by atoms with E-state index in [9.17, 15) is 0 Å². The van der Waals surface area contributed by atoms with Gasteiger partial charge in [0.05, 0.1) is 0 Å². The zero-order valence-corrected chi connectivity index (χ0v) is 13.3. The summed E-state index contributed by atoms with van der Waals surface area (Å²) in [7, 11) is 0. The van der Waals surface area contributed by atoms with E-state index in [1.165, 1.54) is 18.7 Å². The average molecular weight is 272 g/mol. The monoisotopic (exact) mass is 272 g/mol. The molecule has 2 unspecified atom stereocenters. The minimum atomic E-state index is 0.226. The Balaban J connectivity index is 2.22. The minimum absolute atomic E-state index is 0.226. The molecule has 0 aromatic carbocycles. The third-order valence-corrected chi connectivity index (χ3v) is 4.74. The van der Waals surface area contributed by atoms with E-state index in [2.05, 4.69) is 67.7 Å². The molecule has 2 atom stereocenters. The lowest BCUT2D eigenvalue weighted by Gasteiger charge is -2.35. The topological polar surface area (TPSA) is 17.8 Å². The van der Waals surface area contributed by atoms with Crippen LogP contribution in [0.4, 0.5) is 0 Å². The summed E-state index contributed by atoms with van der Waals surface area (Å²) in [6.07, 6.45) is 17.7. The maximum atomic E-state index is 4.65. The zero-order chi connectivity index (χ0) is 14.6. The van der Waals surface area contributed by atoms with Crippen LogP contribution in [0.5, 0.6) is 0 Å². The van der Waals surface area contributed by atoms with Gasteiger partial charge in [-0.15, -0.1) is 0 Å². The molecular formula is C18H28N2. The first-order valence-electron chi connectivity index (χ1n) is 7.95. The molecule has 2 rings (SSSR count). The lowest BCUT2D eigenvalue weighted by Crippen LogP contribution is -2.30. The van der Waals surface area contributed by atoms with Crippen LogP contribution in [-0.2, 0) is 6.42 Å². The zero-order valence-electron chi connectivity index (χ0n) is 13.3. The van der Waals surface area contributed by atoms with Gasteiger partial charge in [0.25, 0.3) is 0 Å². The Morgan fingerprint density at radius 3 is 2.70 bits per heavy atom. The average Bonchev–Trinajstić information content (AvgIpc) is 2.88. The summed E-state index contributed by atoms with van der Waals surface area (Å²) < 4.78 is 2.37. The maximum absolute atomic E-state index is 4.65. The van der Waals surface area contributed by atoms with Crippen molar-refractivity contribution in [3.05, 3.63) is 42.5 Å². The third kappa shape index (κ3) is 3.05. The molecule has 0 amide bonds. The van der Waals surface area contributed by atoms with Crippen LogP contribution in [0.3, 0.4) is 0 Å². The maximum Gasteiger partial charge on any atom is 0.109 e. The molecule has 0 saturated heterocycles. The van der Waals surface area contributed by atoms with Crippen LogP contribution in [0.25, 0.3) is 0 Å². The van der Waals surface area contributed by atoms with Crippen molar-refractivity contribution < 1.29 is 0 Å². The van der Waals surface area contributed by atoms with E-state index in [4.69, 9.17) is 0 Å². The van der Waals surface area contributed by atoms with Gasteiger partial charge >= 0.3 is 0 Å². The van der Waals surface area contributed by atoms with Gasteiger partial charge in [0.15, 0.2) is 0 Å². The van der Waals surface area contributed by atoms with Gasteiger partial charge in [0.1, 0.15) is 5.82 Å². The molecule has 0 aliphatic heterocycles. The number of hydrogen-bond donors (Lipinski definition) is 0. The third-order valence-electron chi connectivity index (χ3n) is 4.74. The Hall–Kier alpha value is -1.31. The van der Waals surface area contributed by atoms with Crippen molar-refractivity contribution >= 4 is 0 Å². The van der Waals surface area contributed by atoms with E-state index in [1.807, 2.05) is 6.20 Å². The van der Waals surface area contributed by atoms with Crippen LogP contribution in [0.15, 0.2) is 36.7 Å². The second-order valence-electron chi connectivity index (χ2n) is 6.44. The van der Waals surface area contributed by atoms with Gasteiger partial charge in [-0.1, -0.05) is 51.5 Å². The van der Waals surface area contributed by atoms with E-state index >= 15 is 0 Å². The van der Waals surface area contributed by atoms with Gasteiger partial charge < -0.3 is 4.57 Å². The molecule has 0 bridgehead atoms. The van der Waals surface area contributed by atoms with Crippen molar-refractivity contribution in [2.75, 3.05) is 0 Å². The molecule has 20 heavy (non-hydrogen) atoms. The number of allylic oxidation sites excluding steroid dienone is 4. The van der Waals surface area contributed by atoms with Crippen LogP contribution >= 0.6 is 0 Å². The fourth-order valence-electron chi connectivity index (χ4n) is 3.18. The fourth-order valence-corrected chi connectivity index (χ4v) is 3.18. The summed E-state index contributed by atoms with van der Waals surface area (Å²) in [4.78, 5) is 4.65. The van der Waals surface area contributed by atoms with Gasteiger partial charge in [0.2, 0.25) is 0 Å². The fraction of sp³-hybridized carbons (Fsp3) is 0.611. The number of nitrogens with zero attached hydrogens (tertiary/aromatic N) is 2. The summed E-state index contributed by atoms with van der Waals surface area (Å²) in [5, 5.41) is 0. The minimum Gasteiger partial charge on any atom is -0.332 e. The summed E-state index contributed by atoms with van der Waals surface area (Å²) in [5.74, 6) is 1.86. The lowest BCUT2D eigenvalue weighted by molar-refractivity contribution is 0.253. The van der Waals surface area contributed by atoms with E-state index in [0.29, 0.717) is 12.0 Å². The molecule has 0 radical (unpaired) electrons. The Morgan fingerprint density at radius 2 is 2.10 bits per heavy atom. The van der Waals surface area contributed by atoms with Gasteiger partial charge in [-0.3, -0.25) is 0 Å². The molecule has 0 N–H and O–H groups in total. The van der Waals surface area contributed by atoms with Crippen molar-refractivity contribution in [1.29, 1.82) is 0 Å². The smallest absolute Gasteiger partial charge is 0.109 e. The van der Waals surface area contributed by atoms with E-state index in [1.54, 1.807) is 0 Å². The molecule has 1 heterocycles. The molecule has 0 spiro atoms. The van der Waals surface area contributed by atoms with Crippen molar-refractivity contribution in [3.63, 3.8) is 0 Å². The van der Waals surface area contributed by atoms with Crippen LogP contribution in [0.1, 0.15) is 58.8 Å². The summed E-state index contributed by atoms with van der Waals surface area (Å²) >= 11 is 0. The van der Waals surface area contributed by atoms with Gasteiger partial charge in [-0.2, -0.15) is 0 Å². The molecule has 2 nitrogen and oxygen atoms in total. The molecule has 0 fully saturated rings. The van der Waals surface area contributed by atoms with Crippen LogP contribution in [-0.4, -0.2) is 9.55 Å². The highest BCUT2D eigenvalue weighted by Gasteiger charge is 2.32. The van der Waals surface area contributed by atoms with Crippen molar-refractivity contribution in [2.24, 2.45) is 11.3 Å². The highest BCUT2D eigenvalue weighted by Crippen LogP contribution is 2.39. The van der Waals surface area contributed by atoms with Crippen molar-refractivity contribution in [2.45, 2.75) is 59.4 Å². The highest BCUT2D eigenvalue weighted by molar-refractivity contribution is 5.19. The summed E-state index contributed by atoms with van der Waals surface area (Å²) in [6, 6.07) is 0.546. The molecule has 2 heteroatoms. The second kappa shape index (κ2) is 6.43. The Bertz CT molecular complexity index is 481. The molecule has 1 aromatic heterocycles. The Morgan fingerprint density at radius 1 is 1.30 bits per heavy atom. The molecular weight excluding hydrogens is 244 g/mol. The second-order valence-corrected chi connectivity index (χ2v) is 6.44. The van der Waals surface area contributed by atoms with Gasteiger partial charge in [0, 0.05) is 30.3 Å². The van der Waals surface area contributed by atoms with Crippen LogP contribution in [0, 0.1) is 11.3 Å². The highest BCUT2D eigenvalue weighted by atomic mass is 15.1. The summed E-state index contributed by atoms with van der Waals surface area (Å²) in [6.45, 7) is 9.20. The van der Waals surface area contributed by atoms with E-state index in [0.717, 1.165) is 12.8 Å². The standard InChI is InChI=1S/C18H28N2/c1-5-9-16(4)20-13-12-19-17(20)14-18(15(2)3)10-7-6-8-11-18/h6-8,10,12-13,15-16H,5,9,11,14H2,1-4H3. The normalized spacial score (nSPS) is 23.4. The first kappa shape index (κ1) is 15.1. The van der Waals surface area contributed by atoms with Crippen LogP contribution < -0.4 is 0 Å². The first-order chi connectivity index (χ1) is 9.59. The number of imidazole rings is 1. The molecule has 110 valence electrons. The van der Waals surface area contributed by atoms with E-state index < -0.39 is 0 Å². The number of hydrogen-bond acceptors (Lipinski definition) is 1.